The Bertz CT molecular complexity index is 1030. The number of carbonyl (C=O) groups excluding carboxylic acids is 2. The van der Waals surface area contributed by atoms with Crippen molar-refractivity contribution >= 4 is 23.2 Å². The highest BCUT2D eigenvalue weighted by Crippen LogP contribution is 2.35. The Balaban J connectivity index is 1.52. The van der Waals surface area contributed by atoms with Gasteiger partial charge in [-0.3, -0.25) is 14.4 Å². The summed E-state index contributed by atoms with van der Waals surface area (Å²) in [6.07, 6.45) is 4.24. The van der Waals surface area contributed by atoms with Crippen molar-refractivity contribution < 1.29 is 14.7 Å². The molecule has 2 fully saturated rings. The van der Waals surface area contributed by atoms with Crippen LogP contribution in [0, 0.1) is 0 Å². The second kappa shape index (κ2) is 7.11. The van der Waals surface area contributed by atoms with Crippen LogP contribution < -0.4 is 5.56 Å². The Morgan fingerprint density at radius 2 is 1.93 bits per heavy atom. The Labute approximate surface area is 172 Å². The van der Waals surface area contributed by atoms with Gasteiger partial charge in [0.25, 0.3) is 17.4 Å². The monoisotopic (exact) mass is 413 g/mol. The van der Waals surface area contributed by atoms with Gasteiger partial charge < -0.3 is 19.5 Å². The number of likely N-dealkylation sites (tertiary alicyclic amines) is 1. The van der Waals surface area contributed by atoms with Crippen molar-refractivity contribution in [2.75, 3.05) is 19.6 Å². The molecule has 2 amide bonds. The van der Waals surface area contributed by atoms with Gasteiger partial charge in [-0.2, -0.15) is 11.3 Å². The Morgan fingerprint density at radius 1 is 1.10 bits per heavy atom. The fourth-order valence-electron chi connectivity index (χ4n) is 4.35. The Kier molecular flexibility index (Phi) is 4.55. The van der Waals surface area contributed by atoms with Gasteiger partial charge in [0, 0.05) is 43.8 Å². The van der Waals surface area contributed by atoms with Gasteiger partial charge in [0.2, 0.25) is 0 Å². The molecule has 5 rings (SSSR count). The zero-order valence-electron chi connectivity index (χ0n) is 16.0. The number of aliphatic hydroxyl groups excluding tert-OH is 1. The van der Waals surface area contributed by atoms with Crippen molar-refractivity contribution in [3.8, 4) is 0 Å². The molecule has 0 bridgehead atoms. The first-order chi connectivity index (χ1) is 14.0. The number of thiophene rings is 1. The first kappa shape index (κ1) is 18.6. The third-order valence-corrected chi connectivity index (χ3v) is 6.77. The number of hydrogen-bond donors (Lipinski definition) is 1. The van der Waals surface area contributed by atoms with Crippen LogP contribution in [0.1, 0.15) is 57.1 Å². The summed E-state index contributed by atoms with van der Waals surface area (Å²) in [6.45, 7) is 1.63. The Hall–Kier alpha value is -2.45. The molecule has 8 heteroatoms. The van der Waals surface area contributed by atoms with E-state index in [9.17, 15) is 19.5 Å². The lowest BCUT2D eigenvalue weighted by Crippen LogP contribution is -2.42. The van der Waals surface area contributed by atoms with E-state index in [0.717, 1.165) is 24.0 Å². The number of hydrogen-bond acceptors (Lipinski definition) is 5. The average molecular weight is 413 g/mol. The summed E-state index contributed by atoms with van der Waals surface area (Å²) in [5, 5.41) is 13.6. The minimum atomic E-state index is -0.525. The molecule has 152 valence electrons. The summed E-state index contributed by atoms with van der Waals surface area (Å²) >= 11 is 1.49. The van der Waals surface area contributed by atoms with Crippen LogP contribution in [0.2, 0.25) is 0 Å². The molecule has 4 heterocycles. The molecule has 7 nitrogen and oxygen atoms in total. The molecule has 1 saturated carbocycles. The normalized spacial score (nSPS) is 21.3. The second-order valence-corrected chi connectivity index (χ2v) is 8.91. The molecular formula is C21H23N3O4S. The third kappa shape index (κ3) is 3.30. The molecule has 2 aromatic rings. The number of carbonyl (C=O) groups is 2. The van der Waals surface area contributed by atoms with E-state index in [2.05, 4.69) is 0 Å². The van der Waals surface area contributed by atoms with Crippen LogP contribution in [0.25, 0.3) is 0 Å². The van der Waals surface area contributed by atoms with E-state index in [1.807, 2.05) is 23.0 Å². The van der Waals surface area contributed by atoms with Gasteiger partial charge in [-0.15, -0.1) is 0 Å². The van der Waals surface area contributed by atoms with Gasteiger partial charge >= 0.3 is 0 Å². The summed E-state index contributed by atoms with van der Waals surface area (Å²) in [5.41, 5.74) is 2.35. The van der Waals surface area contributed by atoms with Gasteiger partial charge in [-0.1, -0.05) is 0 Å². The maximum atomic E-state index is 13.2. The standard InChI is InChI=1S/C21H23N3O4S/c25-16-3-6-23(11-16)20(27)18-17-4-7-22(19(26)13-5-8-29-12-13)9-14(17)10-24(21(18)28)15-1-2-15/h5,8,10,12,15-16,25H,1-4,6-7,9,11H2/t16-/m0/s1. The van der Waals surface area contributed by atoms with Crippen LogP contribution in [0.5, 0.6) is 0 Å². The smallest absolute Gasteiger partial charge is 0.263 e. The molecular weight excluding hydrogens is 390 g/mol. The largest absolute Gasteiger partial charge is 0.391 e. The highest BCUT2D eigenvalue weighted by molar-refractivity contribution is 7.08. The number of amides is 2. The highest BCUT2D eigenvalue weighted by Gasteiger charge is 2.35. The van der Waals surface area contributed by atoms with Crippen molar-refractivity contribution in [1.82, 2.24) is 14.4 Å². The number of rotatable bonds is 3. The molecule has 1 N–H and O–H groups in total. The van der Waals surface area contributed by atoms with E-state index >= 15 is 0 Å². The van der Waals surface area contributed by atoms with Crippen molar-refractivity contribution in [3.05, 3.63) is 55.6 Å². The SMILES string of the molecule is O=C(c1ccsc1)N1CCc2c(cn(C3CC3)c(=O)c2C(=O)N2CC[C@H](O)C2)C1. The maximum Gasteiger partial charge on any atom is 0.263 e. The Morgan fingerprint density at radius 3 is 2.59 bits per heavy atom. The molecule has 0 radical (unpaired) electrons. The number of aromatic nitrogens is 1. The van der Waals surface area contributed by atoms with Crippen LogP contribution in [-0.2, 0) is 13.0 Å². The molecule has 0 spiro atoms. The van der Waals surface area contributed by atoms with E-state index in [1.165, 1.54) is 11.3 Å². The van der Waals surface area contributed by atoms with E-state index in [0.29, 0.717) is 38.0 Å². The summed E-state index contributed by atoms with van der Waals surface area (Å²) in [7, 11) is 0. The van der Waals surface area contributed by atoms with E-state index < -0.39 is 6.10 Å². The van der Waals surface area contributed by atoms with Crippen molar-refractivity contribution in [2.24, 2.45) is 0 Å². The van der Waals surface area contributed by atoms with Crippen molar-refractivity contribution in [1.29, 1.82) is 0 Å². The predicted octanol–water partition coefficient (Wildman–Crippen LogP) is 1.65. The highest BCUT2D eigenvalue weighted by atomic mass is 32.1. The zero-order valence-corrected chi connectivity index (χ0v) is 16.9. The van der Waals surface area contributed by atoms with Gasteiger partial charge in [0.15, 0.2) is 0 Å². The minimum absolute atomic E-state index is 0.0170. The molecule has 0 unspecified atom stereocenters. The summed E-state index contributed by atoms with van der Waals surface area (Å²) in [5.74, 6) is -0.299. The number of pyridine rings is 1. The summed E-state index contributed by atoms with van der Waals surface area (Å²) in [4.78, 5) is 42.6. The molecule has 29 heavy (non-hydrogen) atoms. The zero-order chi connectivity index (χ0) is 20.1. The lowest BCUT2D eigenvalue weighted by molar-refractivity contribution is 0.0732. The fraction of sp³-hybridized carbons (Fsp3) is 0.476. The summed E-state index contributed by atoms with van der Waals surface area (Å²) in [6, 6.07) is 1.97. The first-order valence-corrected chi connectivity index (χ1v) is 11.0. The van der Waals surface area contributed by atoms with Crippen LogP contribution in [0.4, 0.5) is 0 Å². The van der Waals surface area contributed by atoms with Crippen molar-refractivity contribution in [2.45, 2.75) is 44.4 Å². The van der Waals surface area contributed by atoms with E-state index in [1.54, 1.807) is 14.4 Å². The number of β-amino-alcohol motifs (C(OH)–C–C–N with tert-alkyl or cyclic N) is 1. The minimum Gasteiger partial charge on any atom is -0.391 e. The van der Waals surface area contributed by atoms with Crippen LogP contribution in [-0.4, -0.2) is 57.0 Å². The van der Waals surface area contributed by atoms with Crippen LogP contribution in [0.15, 0.2) is 27.8 Å². The van der Waals surface area contributed by atoms with Gasteiger partial charge in [-0.05, 0) is 48.3 Å². The third-order valence-electron chi connectivity index (χ3n) is 6.09. The molecule has 0 aromatic carbocycles. The maximum absolute atomic E-state index is 13.2. The van der Waals surface area contributed by atoms with E-state index in [4.69, 9.17) is 0 Å². The van der Waals surface area contributed by atoms with Gasteiger partial charge in [0.05, 0.1) is 11.7 Å². The first-order valence-electron chi connectivity index (χ1n) is 10.1. The molecule has 1 aliphatic carbocycles. The van der Waals surface area contributed by atoms with Gasteiger partial charge in [-0.25, -0.2) is 0 Å². The molecule has 2 aromatic heterocycles. The summed E-state index contributed by atoms with van der Waals surface area (Å²) < 4.78 is 1.69. The van der Waals surface area contributed by atoms with Crippen LogP contribution >= 0.6 is 11.3 Å². The molecule has 3 aliphatic rings. The predicted molar refractivity (Wildman–Crippen MR) is 108 cm³/mol. The van der Waals surface area contributed by atoms with E-state index in [-0.39, 0.29) is 35.5 Å². The van der Waals surface area contributed by atoms with Crippen LogP contribution in [0.3, 0.4) is 0 Å². The quantitative estimate of drug-likeness (QED) is 0.830. The fourth-order valence-corrected chi connectivity index (χ4v) is 4.98. The lowest BCUT2D eigenvalue weighted by atomic mass is 9.95. The molecule has 1 saturated heterocycles. The number of nitrogens with zero attached hydrogens (tertiary/aromatic N) is 3. The second-order valence-electron chi connectivity index (χ2n) is 8.13. The molecule has 1 atom stereocenters. The molecule has 2 aliphatic heterocycles. The van der Waals surface area contributed by atoms with Gasteiger partial charge in [0.1, 0.15) is 5.56 Å². The van der Waals surface area contributed by atoms with Crippen molar-refractivity contribution in [3.63, 3.8) is 0 Å². The number of fused-ring (bicyclic) bond motifs is 1. The lowest BCUT2D eigenvalue weighted by Gasteiger charge is -2.31. The number of aliphatic hydroxyl groups is 1. The topological polar surface area (TPSA) is 82.9 Å². The average Bonchev–Trinajstić information content (AvgIpc) is 3.22.